The van der Waals surface area contributed by atoms with Gasteiger partial charge in [0.15, 0.2) is 5.82 Å². The number of H-pyrrole nitrogens is 1. The molecule has 3 aromatic heterocycles. The van der Waals surface area contributed by atoms with Crippen LogP contribution in [0.5, 0.6) is 0 Å². The molecule has 0 atom stereocenters. The number of benzene rings is 1. The van der Waals surface area contributed by atoms with Crippen molar-refractivity contribution in [1.29, 1.82) is 0 Å². The number of aromatic amines is 1. The number of hydrogen-bond donors (Lipinski definition) is 1. The van der Waals surface area contributed by atoms with Gasteiger partial charge in [-0.1, -0.05) is 0 Å². The zero-order valence-electron chi connectivity index (χ0n) is 15.0. The fourth-order valence-electron chi connectivity index (χ4n) is 3.45. The lowest BCUT2D eigenvalue weighted by atomic mass is 10.1. The van der Waals surface area contributed by atoms with E-state index in [0.717, 1.165) is 65.7 Å². The molecule has 0 amide bonds. The zero-order chi connectivity index (χ0) is 18.2. The molecular formula is C19H19N7O. The third kappa shape index (κ3) is 2.83. The van der Waals surface area contributed by atoms with Crippen LogP contribution in [0.2, 0.25) is 0 Å². The first-order valence-corrected chi connectivity index (χ1v) is 8.91. The van der Waals surface area contributed by atoms with Gasteiger partial charge < -0.3 is 14.2 Å². The first-order chi connectivity index (χ1) is 13.3. The van der Waals surface area contributed by atoms with Gasteiger partial charge in [-0.2, -0.15) is 5.10 Å². The third-order valence-electron chi connectivity index (χ3n) is 4.89. The first-order valence-electron chi connectivity index (χ1n) is 8.91. The van der Waals surface area contributed by atoms with Crippen molar-refractivity contribution in [3.8, 4) is 22.6 Å². The second-order valence-electron chi connectivity index (χ2n) is 6.60. The Morgan fingerprint density at radius 1 is 1.07 bits per heavy atom. The van der Waals surface area contributed by atoms with Crippen molar-refractivity contribution >= 4 is 16.7 Å². The van der Waals surface area contributed by atoms with E-state index in [9.17, 15) is 0 Å². The minimum absolute atomic E-state index is 0.734. The number of aryl methyl sites for hydroxylation is 1. The predicted octanol–water partition coefficient (Wildman–Crippen LogP) is 2.26. The molecule has 4 aromatic rings. The standard InChI is InChI=1S/C19H19N7O/c1-25-12-21-24-19(25)14-2-3-16-15(10-14)18(23-22-16)13-4-5-20-17(11-13)26-6-8-27-9-7-26/h2-5,10-12H,6-9H2,1H3,(H,22,23). The van der Waals surface area contributed by atoms with E-state index in [0.29, 0.717) is 0 Å². The third-order valence-corrected chi connectivity index (χ3v) is 4.89. The van der Waals surface area contributed by atoms with Gasteiger partial charge in [0.2, 0.25) is 0 Å². The lowest BCUT2D eigenvalue weighted by Gasteiger charge is -2.27. The van der Waals surface area contributed by atoms with Gasteiger partial charge in [-0.05, 0) is 30.3 Å². The number of anilines is 1. The maximum absolute atomic E-state index is 5.44. The number of nitrogens with zero attached hydrogens (tertiary/aromatic N) is 6. The molecule has 1 N–H and O–H groups in total. The number of ether oxygens (including phenoxy) is 1. The van der Waals surface area contributed by atoms with Crippen LogP contribution in [-0.4, -0.2) is 56.2 Å². The average Bonchev–Trinajstić information content (AvgIpc) is 3.34. The molecule has 4 heterocycles. The molecule has 1 saturated heterocycles. The van der Waals surface area contributed by atoms with Crippen molar-refractivity contribution < 1.29 is 4.74 Å². The summed E-state index contributed by atoms with van der Waals surface area (Å²) in [5, 5.41) is 16.9. The normalized spacial score (nSPS) is 14.8. The molecule has 1 aliphatic rings. The minimum Gasteiger partial charge on any atom is -0.378 e. The molecule has 0 aliphatic carbocycles. The summed E-state index contributed by atoms with van der Waals surface area (Å²) in [6.07, 6.45) is 3.54. The molecule has 1 aromatic carbocycles. The van der Waals surface area contributed by atoms with Crippen molar-refractivity contribution in [2.45, 2.75) is 0 Å². The van der Waals surface area contributed by atoms with Gasteiger partial charge in [0.1, 0.15) is 17.8 Å². The van der Waals surface area contributed by atoms with Crippen LogP contribution in [0.15, 0.2) is 42.9 Å². The van der Waals surface area contributed by atoms with Crippen molar-refractivity contribution in [2.24, 2.45) is 7.05 Å². The van der Waals surface area contributed by atoms with Crippen molar-refractivity contribution in [2.75, 3.05) is 31.2 Å². The van der Waals surface area contributed by atoms with Gasteiger partial charge in [0, 0.05) is 42.8 Å². The number of hydrogen-bond acceptors (Lipinski definition) is 6. The maximum Gasteiger partial charge on any atom is 0.163 e. The van der Waals surface area contributed by atoms with E-state index in [1.807, 2.05) is 36.0 Å². The number of fused-ring (bicyclic) bond motifs is 1. The number of rotatable bonds is 3. The van der Waals surface area contributed by atoms with Gasteiger partial charge in [-0.3, -0.25) is 5.10 Å². The monoisotopic (exact) mass is 361 g/mol. The van der Waals surface area contributed by atoms with E-state index in [4.69, 9.17) is 4.74 Å². The number of pyridine rings is 1. The number of morpholine rings is 1. The summed E-state index contributed by atoms with van der Waals surface area (Å²) in [7, 11) is 1.94. The Morgan fingerprint density at radius 3 is 2.78 bits per heavy atom. The predicted molar refractivity (Wildman–Crippen MR) is 102 cm³/mol. The van der Waals surface area contributed by atoms with Crippen LogP contribution in [0.3, 0.4) is 0 Å². The summed E-state index contributed by atoms with van der Waals surface area (Å²) in [5.74, 6) is 1.78. The SMILES string of the molecule is Cn1cnnc1-c1ccc2[nH]nc(-c3ccnc(N4CCOCC4)c3)c2c1. The number of aromatic nitrogens is 6. The van der Waals surface area contributed by atoms with E-state index in [1.165, 1.54) is 0 Å². The number of nitrogens with one attached hydrogen (secondary N) is 1. The Morgan fingerprint density at radius 2 is 1.96 bits per heavy atom. The van der Waals surface area contributed by atoms with E-state index < -0.39 is 0 Å². The Balaban J connectivity index is 1.58. The molecule has 0 saturated carbocycles. The van der Waals surface area contributed by atoms with Gasteiger partial charge in [0.05, 0.1) is 18.7 Å². The average molecular weight is 361 g/mol. The van der Waals surface area contributed by atoms with E-state index in [1.54, 1.807) is 6.33 Å². The molecule has 0 bridgehead atoms. The Kier molecular flexibility index (Phi) is 3.83. The van der Waals surface area contributed by atoms with E-state index >= 15 is 0 Å². The summed E-state index contributed by atoms with van der Waals surface area (Å²) < 4.78 is 7.35. The van der Waals surface area contributed by atoms with Crippen molar-refractivity contribution in [3.05, 3.63) is 42.9 Å². The van der Waals surface area contributed by atoms with Gasteiger partial charge in [0.25, 0.3) is 0 Å². The van der Waals surface area contributed by atoms with Crippen LogP contribution in [0, 0.1) is 0 Å². The summed E-state index contributed by atoms with van der Waals surface area (Å²) in [6.45, 7) is 3.18. The molecule has 8 nitrogen and oxygen atoms in total. The summed E-state index contributed by atoms with van der Waals surface area (Å²) >= 11 is 0. The molecule has 8 heteroatoms. The Bertz CT molecular complexity index is 1090. The zero-order valence-corrected chi connectivity index (χ0v) is 15.0. The fraction of sp³-hybridized carbons (Fsp3) is 0.263. The lowest BCUT2D eigenvalue weighted by molar-refractivity contribution is 0.122. The highest BCUT2D eigenvalue weighted by Gasteiger charge is 2.16. The largest absolute Gasteiger partial charge is 0.378 e. The van der Waals surface area contributed by atoms with E-state index in [-0.39, 0.29) is 0 Å². The van der Waals surface area contributed by atoms with Crippen LogP contribution in [0.25, 0.3) is 33.5 Å². The molecule has 1 fully saturated rings. The van der Waals surface area contributed by atoms with Crippen LogP contribution in [0.4, 0.5) is 5.82 Å². The van der Waals surface area contributed by atoms with Crippen LogP contribution in [0.1, 0.15) is 0 Å². The highest BCUT2D eigenvalue weighted by Crippen LogP contribution is 2.31. The molecular weight excluding hydrogens is 342 g/mol. The first kappa shape index (κ1) is 16.0. The van der Waals surface area contributed by atoms with Crippen LogP contribution in [-0.2, 0) is 11.8 Å². The topological polar surface area (TPSA) is 84.8 Å². The van der Waals surface area contributed by atoms with Gasteiger partial charge in [-0.25, -0.2) is 4.98 Å². The summed E-state index contributed by atoms with van der Waals surface area (Å²) in [4.78, 5) is 6.78. The summed E-state index contributed by atoms with van der Waals surface area (Å²) in [6, 6.07) is 10.2. The van der Waals surface area contributed by atoms with Crippen molar-refractivity contribution in [1.82, 2.24) is 29.9 Å². The Labute approximate surface area is 155 Å². The molecule has 136 valence electrons. The van der Waals surface area contributed by atoms with E-state index in [2.05, 4.69) is 42.4 Å². The highest BCUT2D eigenvalue weighted by atomic mass is 16.5. The molecule has 0 unspecified atom stereocenters. The molecule has 27 heavy (non-hydrogen) atoms. The smallest absolute Gasteiger partial charge is 0.163 e. The second kappa shape index (κ2) is 6.48. The van der Waals surface area contributed by atoms with Crippen LogP contribution < -0.4 is 4.90 Å². The molecule has 1 aliphatic heterocycles. The minimum atomic E-state index is 0.734. The molecule has 0 radical (unpaired) electrons. The maximum atomic E-state index is 5.44. The molecule has 0 spiro atoms. The second-order valence-corrected chi connectivity index (χ2v) is 6.60. The van der Waals surface area contributed by atoms with Crippen LogP contribution >= 0.6 is 0 Å². The summed E-state index contributed by atoms with van der Waals surface area (Å²) in [5.41, 5.74) is 3.94. The quantitative estimate of drug-likeness (QED) is 0.602. The fourth-order valence-corrected chi connectivity index (χ4v) is 3.45. The van der Waals surface area contributed by atoms with Gasteiger partial charge in [-0.15, -0.1) is 10.2 Å². The van der Waals surface area contributed by atoms with Gasteiger partial charge >= 0.3 is 0 Å². The van der Waals surface area contributed by atoms with Crippen molar-refractivity contribution in [3.63, 3.8) is 0 Å². The molecule has 5 rings (SSSR count). The lowest BCUT2D eigenvalue weighted by Crippen LogP contribution is -2.36. The Hall–Kier alpha value is -3.26. The highest BCUT2D eigenvalue weighted by molar-refractivity contribution is 5.95.